The van der Waals surface area contributed by atoms with Gasteiger partial charge in [0, 0.05) is 24.5 Å². The van der Waals surface area contributed by atoms with Gasteiger partial charge in [-0.1, -0.05) is 12.1 Å². The van der Waals surface area contributed by atoms with Crippen LogP contribution < -0.4 is 10.1 Å². The Morgan fingerprint density at radius 2 is 2.24 bits per heavy atom. The van der Waals surface area contributed by atoms with Gasteiger partial charge in [0.2, 0.25) is 0 Å². The van der Waals surface area contributed by atoms with Gasteiger partial charge in [-0.15, -0.1) is 0 Å². The highest BCUT2D eigenvalue weighted by atomic mass is 16.5. The van der Waals surface area contributed by atoms with Gasteiger partial charge in [0.15, 0.2) is 11.5 Å². The summed E-state index contributed by atoms with van der Waals surface area (Å²) in [5.41, 5.74) is 0.745. The molecule has 0 fully saturated rings. The molecule has 0 aliphatic rings. The van der Waals surface area contributed by atoms with E-state index in [1.54, 1.807) is 24.7 Å². The first kappa shape index (κ1) is 11.2. The summed E-state index contributed by atoms with van der Waals surface area (Å²) in [5.74, 6) is 1.27. The van der Waals surface area contributed by atoms with Gasteiger partial charge in [-0.2, -0.15) is 0 Å². The zero-order valence-electron chi connectivity index (χ0n) is 9.42. The van der Waals surface area contributed by atoms with E-state index in [4.69, 9.17) is 4.74 Å². The second-order valence-electron chi connectivity index (χ2n) is 3.41. The molecule has 0 unspecified atom stereocenters. The van der Waals surface area contributed by atoms with Crippen molar-refractivity contribution in [2.75, 3.05) is 12.4 Å². The third-order valence-electron chi connectivity index (χ3n) is 2.33. The van der Waals surface area contributed by atoms with E-state index < -0.39 is 0 Å². The summed E-state index contributed by atoms with van der Waals surface area (Å²) >= 11 is 0. The highest BCUT2D eigenvalue weighted by Gasteiger charge is 2.06. The van der Waals surface area contributed by atoms with E-state index >= 15 is 0 Å². The zero-order chi connectivity index (χ0) is 12.1. The van der Waals surface area contributed by atoms with Crippen molar-refractivity contribution in [1.82, 2.24) is 9.97 Å². The molecule has 2 N–H and O–H groups in total. The number of nitrogens with one attached hydrogen (secondary N) is 1. The fourth-order valence-electron chi connectivity index (χ4n) is 1.45. The largest absolute Gasteiger partial charge is 0.504 e. The number of ether oxygens (including phenoxy) is 1. The number of rotatable bonds is 4. The van der Waals surface area contributed by atoms with Gasteiger partial charge in [0.25, 0.3) is 0 Å². The van der Waals surface area contributed by atoms with Crippen LogP contribution in [0.25, 0.3) is 0 Å². The highest BCUT2D eigenvalue weighted by molar-refractivity contribution is 5.47. The number of phenols is 1. The minimum atomic E-state index is 0.145. The van der Waals surface area contributed by atoms with Crippen LogP contribution in [-0.4, -0.2) is 22.2 Å². The van der Waals surface area contributed by atoms with Crippen molar-refractivity contribution in [3.05, 3.63) is 42.4 Å². The van der Waals surface area contributed by atoms with Gasteiger partial charge in [-0.05, 0) is 6.07 Å². The van der Waals surface area contributed by atoms with Crippen LogP contribution >= 0.6 is 0 Å². The number of para-hydroxylation sites is 1. The maximum Gasteiger partial charge on any atom is 0.162 e. The molecule has 1 aromatic carbocycles. The number of hydrogen-bond donors (Lipinski definition) is 2. The lowest BCUT2D eigenvalue weighted by Crippen LogP contribution is -2.02. The molecule has 88 valence electrons. The van der Waals surface area contributed by atoms with Gasteiger partial charge in [-0.3, -0.25) is 4.98 Å². The third kappa shape index (κ3) is 2.63. The highest BCUT2D eigenvalue weighted by Crippen LogP contribution is 2.29. The second-order valence-corrected chi connectivity index (χ2v) is 3.41. The number of benzene rings is 1. The van der Waals surface area contributed by atoms with Gasteiger partial charge in [0.05, 0.1) is 13.3 Å². The number of hydrogen-bond acceptors (Lipinski definition) is 5. The Morgan fingerprint density at radius 3 is 2.94 bits per heavy atom. The van der Waals surface area contributed by atoms with Crippen LogP contribution in [0.5, 0.6) is 11.5 Å². The summed E-state index contributed by atoms with van der Waals surface area (Å²) in [6, 6.07) is 5.36. The van der Waals surface area contributed by atoms with Crippen LogP contribution in [0.1, 0.15) is 5.56 Å². The summed E-state index contributed by atoms with van der Waals surface area (Å²) in [4.78, 5) is 8.02. The van der Waals surface area contributed by atoms with Crippen molar-refractivity contribution in [1.29, 1.82) is 0 Å². The van der Waals surface area contributed by atoms with Crippen LogP contribution in [0.3, 0.4) is 0 Å². The molecular weight excluding hydrogens is 218 g/mol. The molecule has 1 heterocycles. The van der Waals surface area contributed by atoms with Crippen molar-refractivity contribution in [2.45, 2.75) is 6.54 Å². The quantitative estimate of drug-likeness (QED) is 0.839. The normalized spacial score (nSPS) is 9.94. The topological polar surface area (TPSA) is 67.3 Å². The standard InChI is InChI=1S/C12H13N3O2/c1-17-10-4-2-3-9(12(10)16)7-15-11-8-13-5-6-14-11/h2-6,8,16H,7H2,1H3,(H,14,15). The van der Waals surface area contributed by atoms with Crippen LogP contribution in [0.4, 0.5) is 5.82 Å². The molecule has 0 amide bonds. The maximum absolute atomic E-state index is 9.87. The number of nitrogens with zero attached hydrogens (tertiary/aromatic N) is 2. The Hall–Kier alpha value is -2.30. The minimum Gasteiger partial charge on any atom is -0.504 e. The summed E-state index contributed by atoms with van der Waals surface area (Å²) in [5, 5.41) is 12.9. The van der Waals surface area contributed by atoms with E-state index in [1.807, 2.05) is 12.1 Å². The molecule has 5 heteroatoms. The lowest BCUT2D eigenvalue weighted by Gasteiger charge is -2.09. The maximum atomic E-state index is 9.87. The average Bonchev–Trinajstić information content (AvgIpc) is 2.39. The van der Waals surface area contributed by atoms with Crippen molar-refractivity contribution < 1.29 is 9.84 Å². The van der Waals surface area contributed by atoms with E-state index in [9.17, 15) is 5.11 Å². The molecule has 0 aliphatic heterocycles. The van der Waals surface area contributed by atoms with Crippen LogP contribution in [0.2, 0.25) is 0 Å². The first-order chi connectivity index (χ1) is 8.31. The monoisotopic (exact) mass is 231 g/mol. The number of aromatic nitrogens is 2. The molecule has 0 spiro atoms. The van der Waals surface area contributed by atoms with E-state index in [-0.39, 0.29) is 5.75 Å². The summed E-state index contributed by atoms with van der Waals surface area (Å²) in [6.07, 6.45) is 4.83. The van der Waals surface area contributed by atoms with Crippen molar-refractivity contribution in [2.24, 2.45) is 0 Å². The van der Waals surface area contributed by atoms with Gasteiger partial charge in [-0.25, -0.2) is 4.98 Å². The Morgan fingerprint density at radius 1 is 1.35 bits per heavy atom. The minimum absolute atomic E-state index is 0.145. The Labute approximate surface area is 99.1 Å². The summed E-state index contributed by atoms with van der Waals surface area (Å²) in [6.45, 7) is 0.460. The van der Waals surface area contributed by atoms with Crippen molar-refractivity contribution in [3.63, 3.8) is 0 Å². The molecule has 0 saturated heterocycles. The summed E-state index contributed by atoms with van der Waals surface area (Å²) < 4.78 is 5.03. The van der Waals surface area contributed by atoms with Gasteiger partial charge in [0.1, 0.15) is 5.82 Å². The number of methoxy groups -OCH3 is 1. The SMILES string of the molecule is COc1cccc(CNc2cnccn2)c1O. The number of anilines is 1. The molecule has 0 atom stereocenters. The molecule has 5 nitrogen and oxygen atoms in total. The number of phenolic OH excluding ortho intramolecular Hbond substituents is 1. The Bertz CT molecular complexity index is 488. The fourth-order valence-corrected chi connectivity index (χ4v) is 1.45. The van der Waals surface area contributed by atoms with E-state index in [1.165, 1.54) is 7.11 Å². The first-order valence-corrected chi connectivity index (χ1v) is 5.16. The number of aromatic hydroxyl groups is 1. The molecule has 0 radical (unpaired) electrons. The molecule has 2 aromatic rings. The molecule has 17 heavy (non-hydrogen) atoms. The van der Waals surface area contributed by atoms with Crippen molar-refractivity contribution in [3.8, 4) is 11.5 Å². The van der Waals surface area contributed by atoms with Crippen LogP contribution in [-0.2, 0) is 6.54 Å². The molecule has 0 bridgehead atoms. The van der Waals surface area contributed by atoms with Crippen LogP contribution in [0, 0.1) is 0 Å². The molecule has 1 aromatic heterocycles. The lowest BCUT2D eigenvalue weighted by molar-refractivity contribution is 0.371. The second kappa shape index (κ2) is 5.16. The van der Waals surface area contributed by atoms with Crippen LogP contribution in [0.15, 0.2) is 36.8 Å². The van der Waals surface area contributed by atoms with Gasteiger partial charge < -0.3 is 15.2 Å². The predicted octanol–water partition coefficient (Wildman–Crippen LogP) is 1.80. The Kier molecular flexibility index (Phi) is 3.40. The van der Waals surface area contributed by atoms with E-state index in [2.05, 4.69) is 15.3 Å². The van der Waals surface area contributed by atoms with E-state index in [0.29, 0.717) is 18.1 Å². The third-order valence-corrected chi connectivity index (χ3v) is 2.33. The predicted molar refractivity (Wildman–Crippen MR) is 64.0 cm³/mol. The molecule has 2 rings (SSSR count). The van der Waals surface area contributed by atoms with E-state index in [0.717, 1.165) is 5.56 Å². The zero-order valence-corrected chi connectivity index (χ0v) is 9.42. The lowest BCUT2D eigenvalue weighted by atomic mass is 10.2. The Balaban J connectivity index is 2.09. The molecular formula is C12H13N3O2. The molecule has 0 saturated carbocycles. The molecule has 0 aliphatic carbocycles. The smallest absolute Gasteiger partial charge is 0.162 e. The fraction of sp³-hybridized carbons (Fsp3) is 0.167. The summed E-state index contributed by atoms with van der Waals surface area (Å²) in [7, 11) is 1.52. The van der Waals surface area contributed by atoms with Gasteiger partial charge >= 0.3 is 0 Å². The average molecular weight is 231 g/mol. The first-order valence-electron chi connectivity index (χ1n) is 5.16. The van der Waals surface area contributed by atoms with Crippen molar-refractivity contribution >= 4 is 5.82 Å².